The summed E-state index contributed by atoms with van der Waals surface area (Å²) in [6.45, 7) is -1.43. The van der Waals surface area contributed by atoms with Crippen LogP contribution in [0, 0.1) is 0 Å². The second-order valence-corrected chi connectivity index (χ2v) is 4.91. The lowest BCUT2D eigenvalue weighted by molar-refractivity contribution is -0.174. The molecule has 2 N–H and O–H groups in total. The van der Waals surface area contributed by atoms with Gasteiger partial charge in [0.15, 0.2) is 0 Å². The van der Waals surface area contributed by atoms with Gasteiger partial charge in [-0.15, -0.1) is 0 Å². The van der Waals surface area contributed by atoms with E-state index in [-0.39, 0.29) is 6.61 Å². The highest BCUT2D eigenvalue weighted by Gasteiger charge is 2.27. The van der Waals surface area contributed by atoms with Crippen LogP contribution in [0.3, 0.4) is 0 Å². The third-order valence-electron chi connectivity index (χ3n) is 2.33. The number of halogens is 4. The molecule has 0 aliphatic heterocycles. The summed E-state index contributed by atoms with van der Waals surface area (Å²) in [4.78, 5) is 0. The molecule has 19 heavy (non-hydrogen) atoms. The van der Waals surface area contributed by atoms with Gasteiger partial charge in [0.2, 0.25) is 0 Å². The molecule has 1 aromatic rings. The molecular weight excluding hydrogens is 327 g/mol. The van der Waals surface area contributed by atoms with Crippen molar-refractivity contribution < 1.29 is 22.6 Å². The number of ether oxygens (including phenoxy) is 2. The van der Waals surface area contributed by atoms with Gasteiger partial charge in [0.25, 0.3) is 0 Å². The maximum absolute atomic E-state index is 11.9. The number of alkyl halides is 3. The van der Waals surface area contributed by atoms with Crippen LogP contribution >= 0.6 is 15.9 Å². The molecule has 0 saturated heterocycles. The first-order chi connectivity index (χ1) is 8.81. The molecule has 1 unspecified atom stereocenters. The molecule has 0 amide bonds. The standard InChI is InChI=1S/C12H15BrF3NO2/c1-18-10-2-3-11(13)8(5-10)4-9(17)6-19-7-12(14,15)16/h2-3,5,9H,4,6-7,17H2,1H3. The van der Waals surface area contributed by atoms with E-state index in [0.717, 1.165) is 10.0 Å². The van der Waals surface area contributed by atoms with Gasteiger partial charge in [-0.25, -0.2) is 0 Å². The molecule has 1 aromatic carbocycles. The van der Waals surface area contributed by atoms with Crippen LogP contribution in [0.25, 0.3) is 0 Å². The number of hydrogen-bond donors (Lipinski definition) is 1. The van der Waals surface area contributed by atoms with Crippen molar-refractivity contribution in [3.63, 3.8) is 0 Å². The van der Waals surface area contributed by atoms with Gasteiger partial charge in [0, 0.05) is 10.5 Å². The van der Waals surface area contributed by atoms with Crippen molar-refractivity contribution >= 4 is 15.9 Å². The van der Waals surface area contributed by atoms with E-state index in [4.69, 9.17) is 10.5 Å². The summed E-state index contributed by atoms with van der Waals surface area (Å²) in [7, 11) is 1.54. The molecule has 0 spiro atoms. The van der Waals surface area contributed by atoms with E-state index in [1.165, 1.54) is 0 Å². The first-order valence-electron chi connectivity index (χ1n) is 5.54. The zero-order chi connectivity index (χ0) is 14.5. The van der Waals surface area contributed by atoms with Crippen molar-refractivity contribution in [3.8, 4) is 5.75 Å². The van der Waals surface area contributed by atoms with Crippen LogP contribution in [0.4, 0.5) is 13.2 Å². The summed E-state index contributed by atoms with van der Waals surface area (Å²) in [5, 5.41) is 0. The molecule has 0 bridgehead atoms. The molecule has 0 saturated carbocycles. The average Bonchev–Trinajstić information content (AvgIpc) is 2.30. The lowest BCUT2D eigenvalue weighted by atomic mass is 10.1. The van der Waals surface area contributed by atoms with Crippen LogP contribution in [0.15, 0.2) is 22.7 Å². The van der Waals surface area contributed by atoms with Gasteiger partial charge in [-0.3, -0.25) is 0 Å². The van der Waals surface area contributed by atoms with Crippen LogP contribution in [0.2, 0.25) is 0 Å². The average molecular weight is 342 g/mol. The lowest BCUT2D eigenvalue weighted by Gasteiger charge is -2.15. The Morgan fingerprint density at radius 3 is 2.63 bits per heavy atom. The number of benzene rings is 1. The second-order valence-electron chi connectivity index (χ2n) is 4.05. The predicted octanol–water partition coefficient (Wildman–Crippen LogP) is 2.91. The molecule has 0 radical (unpaired) electrons. The Kier molecular flexibility index (Phi) is 6.09. The smallest absolute Gasteiger partial charge is 0.411 e. The summed E-state index contributed by atoms with van der Waals surface area (Å²) in [5.41, 5.74) is 6.60. The molecule has 0 heterocycles. The molecule has 0 fully saturated rings. The first-order valence-corrected chi connectivity index (χ1v) is 6.33. The number of nitrogens with two attached hydrogens (primary N) is 1. The van der Waals surface area contributed by atoms with Gasteiger partial charge >= 0.3 is 6.18 Å². The normalized spacial score (nSPS) is 13.4. The fraction of sp³-hybridized carbons (Fsp3) is 0.500. The maximum Gasteiger partial charge on any atom is 0.411 e. The zero-order valence-electron chi connectivity index (χ0n) is 10.3. The summed E-state index contributed by atoms with van der Waals surface area (Å²) in [5.74, 6) is 0.668. The van der Waals surface area contributed by atoms with Crippen LogP contribution in [0.1, 0.15) is 5.56 Å². The molecule has 1 atom stereocenters. The van der Waals surface area contributed by atoms with E-state index in [2.05, 4.69) is 20.7 Å². The molecule has 3 nitrogen and oxygen atoms in total. The van der Waals surface area contributed by atoms with E-state index >= 15 is 0 Å². The number of methoxy groups -OCH3 is 1. The molecule has 1 rings (SSSR count). The minimum Gasteiger partial charge on any atom is -0.497 e. The third-order valence-corrected chi connectivity index (χ3v) is 3.11. The third kappa shape index (κ3) is 6.26. The summed E-state index contributed by atoms with van der Waals surface area (Å²) >= 11 is 3.36. The topological polar surface area (TPSA) is 44.5 Å². The van der Waals surface area contributed by atoms with Crippen molar-refractivity contribution in [1.82, 2.24) is 0 Å². The Bertz CT molecular complexity index is 412. The van der Waals surface area contributed by atoms with Crippen molar-refractivity contribution in [2.24, 2.45) is 5.73 Å². The highest BCUT2D eigenvalue weighted by molar-refractivity contribution is 9.10. The van der Waals surface area contributed by atoms with E-state index in [0.29, 0.717) is 12.2 Å². The minimum atomic E-state index is -4.32. The fourth-order valence-corrected chi connectivity index (χ4v) is 1.91. The molecule has 0 aliphatic carbocycles. The maximum atomic E-state index is 11.9. The Morgan fingerprint density at radius 2 is 2.05 bits per heavy atom. The summed E-state index contributed by atoms with van der Waals surface area (Å²) in [6, 6.07) is 4.86. The highest BCUT2D eigenvalue weighted by Crippen LogP contribution is 2.23. The van der Waals surface area contributed by atoms with Gasteiger partial charge in [-0.05, 0) is 30.2 Å². The molecule has 108 valence electrons. The first kappa shape index (κ1) is 16.3. The quantitative estimate of drug-likeness (QED) is 0.865. The Morgan fingerprint density at radius 1 is 1.37 bits per heavy atom. The van der Waals surface area contributed by atoms with Crippen LogP contribution < -0.4 is 10.5 Å². The van der Waals surface area contributed by atoms with Gasteiger partial charge in [-0.1, -0.05) is 15.9 Å². The van der Waals surface area contributed by atoms with E-state index < -0.39 is 18.8 Å². The van der Waals surface area contributed by atoms with Crippen LogP contribution in [0.5, 0.6) is 5.75 Å². The second kappa shape index (κ2) is 7.12. The highest BCUT2D eigenvalue weighted by atomic mass is 79.9. The number of hydrogen-bond acceptors (Lipinski definition) is 3. The molecule has 7 heteroatoms. The van der Waals surface area contributed by atoms with Crippen molar-refractivity contribution in [2.45, 2.75) is 18.6 Å². The van der Waals surface area contributed by atoms with Gasteiger partial charge in [0.1, 0.15) is 12.4 Å². The largest absolute Gasteiger partial charge is 0.497 e. The van der Waals surface area contributed by atoms with Crippen LogP contribution in [-0.4, -0.2) is 32.5 Å². The van der Waals surface area contributed by atoms with Gasteiger partial charge < -0.3 is 15.2 Å². The van der Waals surface area contributed by atoms with Gasteiger partial charge in [-0.2, -0.15) is 13.2 Å². The zero-order valence-corrected chi connectivity index (χ0v) is 11.9. The van der Waals surface area contributed by atoms with Crippen molar-refractivity contribution in [3.05, 3.63) is 28.2 Å². The Labute approximate surface area is 118 Å². The predicted molar refractivity (Wildman–Crippen MR) is 69.2 cm³/mol. The van der Waals surface area contributed by atoms with Crippen molar-refractivity contribution in [1.29, 1.82) is 0 Å². The minimum absolute atomic E-state index is 0.150. The van der Waals surface area contributed by atoms with Crippen LogP contribution in [-0.2, 0) is 11.2 Å². The molecule has 0 aliphatic rings. The summed E-state index contributed by atoms with van der Waals surface area (Å²) < 4.78 is 46.2. The fourth-order valence-electron chi connectivity index (χ4n) is 1.50. The Balaban J connectivity index is 2.50. The van der Waals surface area contributed by atoms with E-state index in [1.807, 2.05) is 0 Å². The molecular formula is C12H15BrF3NO2. The number of rotatable bonds is 6. The lowest BCUT2D eigenvalue weighted by Crippen LogP contribution is -2.31. The van der Waals surface area contributed by atoms with Crippen molar-refractivity contribution in [2.75, 3.05) is 20.3 Å². The summed E-state index contributed by atoms with van der Waals surface area (Å²) in [6.07, 6.45) is -3.92. The monoisotopic (exact) mass is 341 g/mol. The van der Waals surface area contributed by atoms with Gasteiger partial charge in [0.05, 0.1) is 13.7 Å². The van der Waals surface area contributed by atoms with E-state index in [9.17, 15) is 13.2 Å². The Hall–Kier alpha value is -0.790. The van der Waals surface area contributed by atoms with E-state index in [1.54, 1.807) is 25.3 Å². The SMILES string of the molecule is COc1ccc(Br)c(CC(N)COCC(F)(F)F)c1. The molecule has 0 aromatic heterocycles.